The second-order valence-corrected chi connectivity index (χ2v) is 10.7. The van der Waals surface area contributed by atoms with Crippen molar-refractivity contribution >= 4 is 50.5 Å². The number of carbonyl (C=O) groups excluding carboxylic acids is 2. The van der Waals surface area contributed by atoms with Crippen molar-refractivity contribution in [1.82, 2.24) is 0 Å². The number of rotatable bonds is 8. The van der Waals surface area contributed by atoms with Crippen molar-refractivity contribution in [1.29, 1.82) is 0 Å². The minimum absolute atomic E-state index is 0.0229. The van der Waals surface area contributed by atoms with Crippen LogP contribution in [0.25, 0.3) is 11.1 Å². The van der Waals surface area contributed by atoms with Crippen molar-refractivity contribution in [3.63, 3.8) is 0 Å². The summed E-state index contributed by atoms with van der Waals surface area (Å²) in [6, 6.07) is 13.2. The van der Waals surface area contributed by atoms with Crippen LogP contribution < -0.4 is 15.8 Å². The van der Waals surface area contributed by atoms with Crippen molar-refractivity contribution in [3.8, 4) is 16.9 Å². The van der Waals surface area contributed by atoms with Crippen molar-refractivity contribution in [3.05, 3.63) is 76.3 Å². The van der Waals surface area contributed by atoms with E-state index in [1.807, 2.05) is 0 Å². The van der Waals surface area contributed by atoms with E-state index < -0.39 is 39.7 Å². The second kappa shape index (κ2) is 11.0. The van der Waals surface area contributed by atoms with Crippen LogP contribution in [0.1, 0.15) is 17.9 Å². The summed E-state index contributed by atoms with van der Waals surface area (Å²) in [5.74, 6) is -3.05. The minimum atomic E-state index is -4.95. The average molecular weight is 575 g/mol. The molecule has 1 atom stereocenters. The second-order valence-electron chi connectivity index (χ2n) is 7.91. The average Bonchev–Trinajstić information content (AvgIpc) is 2.76. The molecule has 3 rings (SSSR count). The van der Waals surface area contributed by atoms with E-state index in [1.165, 1.54) is 54.6 Å². The Balaban J connectivity index is 1.93. The van der Waals surface area contributed by atoms with Crippen LogP contribution in [0.5, 0.6) is 5.75 Å². The molecule has 2 amide bonds. The monoisotopic (exact) mass is 574 g/mol. The highest BCUT2D eigenvalue weighted by atomic mass is 35.5. The summed E-state index contributed by atoms with van der Waals surface area (Å²) in [7, 11) is -3.48. The molecule has 0 bridgehead atoms. The molecule has 0 aliphatic heterocycles. The number of halogens is 5. The third-order valence-electron chi connectivity index (χ3n) is 5.12. The lowest BCUT2D eigenvalue weighted by atomic mass is 9.94. The SMILES string of the molecule is CS(=O)(=O)c1ccc(C(CC(N)=O)C(=O)Nc2cc(Cl)c(-c3ccccc3OC(F)(F)F)c(Cl)c2)cc1. The zero-order valence-electron chi connectivity index (χ0n) is 19.0. The first kappa shape index (κ1) is 28.3. The van der Waals surface area contributed by atoms with Crippen molar-refractivity contribution in [2.24, 2.45) is 5.73 Å². The lowest BCUT2D eigenvalue weighted by Crippen LogP contribution is -2.26. The van der Waals surface area contributed by atoms with E-state index in [-0.39, 0.29) is 38.2 Å². The van der Waals surface area contributed by atoms with Gasteiger partial charge >= 0.3 is 6.36 Å². The maximum Gasteiger partial charge on any atom is 0.573 e. The van der Waals surface area contributed by atoms with Crippen molar-refractivity contribution < 1.29 is 35.9 Å². The maximum absolute atomic E-state index is 13.1. The van der Waals surface area contributed by atoms with Crippen LogP contribution in [-0.2, 0) is 19.4 Å². The smallest absolute Gasteiger partial charge is 0.405 e. The molecule has 3 N–H and O–H groups in total. The van der Waals surface area contributed by atoms with Gasteiger partial charge in [-0.25, -0.2) is 8.42 Å². The van der Waals surface area contributed by atoms with Gasteiger partial charge in [-0.05, 0) is 35.9 Å². The van der Waals surface area contributed by atoms with E-state index in [0.717, 1.165) is 12.3 Å². The van der Waals surface area contributed by atoms with Gasteiger partial charge in [-0.1, -0.05) is 53.5 Å². The number of carbonyl (C=O) groups is 2. The van der Waals surface area contributed by atoms with E-state index in [4.69, 9.17) is 28.9 Å². The van der Waals surface area contributed by atoms with Crippen LogP contribution in [-0.4, -0.2) is 32.9 Å². The van der Waals surface area contributed by atoms with Gasteiger partial charge in [-0.15, -0.1) is 13.2 Å². The molecule has 3 aromatic carbocycles. The lowest BCUT2D eigenvalue weighted by Gasteiger charge is -2.18. The number of hydrogen-bond donors (Lipinski definition) is 2. The Bertz CT molecular complexity index is 1420. The molecule has 13 heteroatoms. The van der Waals surface area contributed by atoms with Crippen LogP contribution in [0.4, 0.5) is 18.9 Å². The highest BCUT2D eigenvalue weighted by Crippen LogP contribution is 2.43. The standard InChI is InChI=1S/C24H19Cl2F3N2O5S/c1-37(34,35)15-8-6-13(7-9-15)17(12-21(30)32)23(33)31-14-10-18(25)22(19(26)11-14)16-4-2-3-5-20(16)36-24(27,28)29/h2-11,17H,12H2,1H3,(H2,30,32)(H,31,33). The number of nitrogens with two attached hydrogens (primary N) is 1. The van der Waals surface area contributed by atoms with Gasteiger partial charge in [0.2, 0.25) is 11.8 Å². The summed E-state index contributed by atoms with van der Waals surface area (Å²) < 4.78 is 66.0. The van der Waals surface area contributed by atoms with E-state index in [2.05, 4.69) is 10.1 Å². The Labute approximate surface area is 220 Å². The quantitative estimate of drug-likeness (QED) is 0.365. The summed E-state index contributed by atoms with van der Waals surface area (Å²) in [5, 5.41) is 2.40. The van der Waals surface area contributed by atoms with Crippen molar-refractivity contribution in [2.45, 2.75) is 23.6 Å². The van der Waals surface area contributed by atoms with Gasteiger partial charge in [0.15, 0.2) is 9.84 Å². The molecule has 1 unspecified atom stereocenters. The van der Waals surface area contributed by atoms with Gasteiger partial charge in [0, 0.05) is 29.5 Å². The van der Waals surface area contributed by atoms with E-state index >= 15 is 0 Å². The largest absolute Gasteiger partial charge is 0.573 e. The van der Waals surface area contributed by atoms with Gasteiger partial charge in [0.05, 0.1) is 20.9 Å². The molecular formula is C24H19Cl2F3N2O5S. The summed E-state index contributed by atoms with van der Waals surface area (Å²) in [5.41, 5.74) is 5.75. The summed E-state index contributed by atoms with van der Waals surface area (Å²) in [6.07, 6.45) is -4.30. The molecule has 0 aromatic heterocycles. The Kier molecular flexibility index (Phi) is 8.41. The van der Waals surface area contributed by atoms with Gasteiger partial charge in [-0.2, -0.15) is 0 Å². The zero-order chi connectivity index (χ0) is 27.5. The number of alkyl halides is 3. The predicted molar refractivity (Wildman–Crippen MR) is 133 cm³/mol. The predicted octanol–water partition coefficient (Wildman–Crippen LogP) is 5.56. The Hall–Kier alpha value is -3.28. The van der Waals surface area contributed by atoms with E-state index in [0.29, 0.717) is 5.56 Å². The normalized spacial score (nSPS) is 12.6. The van der Waals surface area contributed by atoms with Gasteiger partial charge in [0.25, 0.3) is 0 Å². The van der Waals surface area contributed by atoms with Crippen LogP contribution in [0.3, 0.4) is 0 Å². The molecular weight excluding hydrogens is 556 g/mol. The number of sulfone groups is 1. The zero-order valence-corrected chi connectivity index (χ0v) is 21.3. The molecule has 0 aliphatic rings. The summed E-state index contributed by atoms with van der Waals surface area (Å²) in [6.45, 7) is 0. The number of primary amides is 1. The van der Waals surface area contributed by atoms with E-state index in [9.17, 15) is 31.2 Å². The van der Waals surface area contributed by atoms with E-state index in [1.54, 1.807) is 0 Å². The molecule has 0 heterocycles. The number of amides is 2. The third-order valence-corrected chi connectivity index (χ3v) is 6.85. The fourth-order valence-corrected chi connectivity index (χ4v) is 4.85. The van der Waals surface area contributed by atoms with Crippen LogP contribution in [0.2, 0.25) is 10.0 Å². The summed E-state index contributed by atoms with van der Waals surface area (Å²) >= 11 is 12.7. The molecule has 0 spiro atoms. The number of anilines is 1. The highest BCUT2D eigenvalue weighted by molar-refractivity contribution is 7.90. The fraction of sp³-hybridized carbons (Fsp3) is 0.167. The number of nitrogens with one attached hydrogen (secondary N) is 1. The Morgan fingerprint density at radius 1 is 1.03 bits per heavy atom. The van der Waals surface area contributed by atoms with Crippen LogP contribution in [0, 0.1) is 0 Å². The molecule has 0 saturated carbocycles. The Morgan fingerprint density at radius 2 is 1.59 bits per heavy atom. The van der Waals surface area contributed by atoms with Gasteiger partial charge in [0.1, 0.15) is 5.75 Å². The first-order chi connectivity index (χ1) is 17.2. The fourth-order valence-electron chi connectivity index (χ4n) is 3.53. The number of para-hydroxylation sites is 1. The first-order valence-corrected chi connectivity index (χ1v) is 13.0. The first-order valence-electron chi connectivity index (χ1n) is 10.4. The molecule has 7 nitrogen and oxygen atoms in total. The van der Waals surface area contributed by atoms with Crippen LogP contribution in [0.15, 0.2) is 65.6 Å². The number of benzene rings is 3. The van der Waals surface area contributed by atoms with Crippen molar-refractivity contribution in [2.75, 3.05) is 11.6 Å². The van der Waals surface area contributed by atoms with Crippen LogP contribution >= 0.6 is 23.2 Å². The molecule has 3 aromatic rings. The third kappa shape index (κ3) is 7.37. The lowest BCUT2D eigenvalue weighted by molar-refractivity contribution is -0.274. The molecule has 196 valence electrons. The highest BCUT2D eigenvalue weighted by Gasteiger charge is 2.33. The topological polar surface area (TPSA) is 116 Å². The summed E-state index contributed by atoms with van der Waals surface area (Å²) in [4.78, 5) is 24.7. The molecule has 37 heavy (non-hydrogen) atoms. The number of ether oxygens (including phenoxy) is 1. The van der Waals surface area contributed by atoms with Gasteiger partial charge in [-0.3, -0.25) is 9.59 Å². The Morgan fingerprint density at radius 3 is 2.11 bits per heavy atom. The molecule has 0 aliphatic carbocycles. The van der Waals surface area contributed by atoms with Gasteiger partial charge < -0.3 is 15.8 Å². The minimum Gasteiger partial charge on any atom is -0.405 e. The molecule has 0 saturated heterocycles. The molecule has 0 fully saturated rings. The maximum atomic E-state index is 13.1. The number of hydrogen-bond acceptors (Lipinski definition) is 5. The molecule has 0 radical (unpaired) electrons.